The number of carbonyl (C=O) groups is 3. The fourth-order valence-corrected chi connectivity index (χ4v) is 7.97. The van der Waals surface area contributed by atoms with E-state index < -0.39 is 29.1 Å². The highest BCUT2D eigenvalue weighted by Gasteiger charge is 2.74. The number of Topliss-reactive ketones (excluding diaryl/α,β-unsaturated/α-hetero) is 1. The van der Waals surface area contributed by atoms with E-state index >= 15 is 0 Å². The lowest BCUT2D eigenvalue weighted by Gasteiger charge is -2.59. The molecule has 1 aliphatic heterocycles. The van der Waals surface area contributed by atoms with Gasteiger partial charge in [0.25, 0.3) is 0 Å². The smallest absolute Gasteiger partial charge is 0.303 e. The number of aliphatic hydroxyl groups is 1. The Morgan fingerprint density at radius 1 is 1.34 bits per heavy atom. The van der Waals surface area contributed by atoms with Crippen molar-refractivity contribution in [1.29, 1.82) is 0 Å². The Balaban J connectivity index is 1.56. The second-order valence-electron chi connectivity index (χ2n) is 10.7. The molecule has 172 valence electrons. The Hall–Kier alpha value is -2.28. The molecule has 32 heavy (non-hydrogen) atoms. The SMILES string of the molecule is CC(=O)OCC(=O)[C@@]12N=C(C)OC1CC1C3CCC4=CC(=O)C=C[C@]4(C)C3C(O)C[C@@]12C. The number of aliphatic imine (C=N–C) groups is 1. The zero-order chi connectivity index (χ0) is 23.1. The van der Waals surface area contributed by atoms with Crippen LogP contribution < -0.4 is 0 Å². The van der Waals surface area contributed by atoms with Gasteiger partial charge >= 0.3 is 5.97 Å². The van der Waals surface area contributed by atoms with E-state index in [1.807, 2.05) is 6.08 Å². The molecule has 7 heteroatoms. The maximum absolute atomic E-state index is 13.5. The van der Waals surface area contributed by atoms with Crippen molar-refractivity contribution in [2.75, 3.05) is 6.61 Å². The average molecular weight is 442 g/mol. The van der Waals surface area contributed by atoms with Crippen LogP contribution in [0.25, 0.3) is 0 Å². The standard InChI is InChI=1S/C25H31NO6/c1-13-26-25(20(30)12-31-14(2)27)21(32-13)10-18-17-6-5-15-9-16(28)7-8-23(15,3)22(17)19(29)11-24(18,25)4/h7-9,17-19,21-22,29H,5-6,10-12H2,1-4H3/t17?,18?,19?,21?,22?,23-,24-,25+/m0/s1. The van der Waals surface area contributed by atoms with Gasteiger partial charge in [0.15, 0.2) is 23.8 Å². The Morgan fingerprint density at radius 2 is 2.09 bits per heavy atom. The molecular weight excluding hydrogens is 410 g/mol. The van der Waals surface area contributed by atoms with Crippen LogP contribution in [0.2, 0.25) is 0 Å². The maximum atomic E-state index is 13.5. The zero-order valence-corrected chi connectivity index (χ0v) is 19.1. The van der Waals surface area contributed by atoms with Gasteiger partial charge in [0, 0.05) is 30.6 Å². The van der Waals surface area contributed by atoms with Crippen LogP contribution in [0, 0.1) is 28.6 Å². The van der Waals surface area contributed by atoms with Gasteiger partial charge in [-0.05, 0) is 49.7 Å². The molecule has 0 bridgehead atoms. The van der Waals surface area contributed by atoms with Crippen molar-refractivity contribution in [1.82, 2.24) is 0 Å². The molecule has 1 N–H and O–H groups in total. The van der Waals surface area contributed by atoms with Crippen LogP contribution in [0.3, 0.4) is 0 Å². The van der Waals surface area contributed by atoms with E-state index in [-0.39, 0.29) is 41.3 Å². The fraction of sp³-hybridized carbons (Fsp3) is 0.680. The molecule has 5 aliphatic rings. The predicted octanol–water partition coefficient (Wildman–Crippen LogP) is 2.56. The van der Waals surface area contributed by atoms with Crippen LogP contribution >= 0.6 is 0 Å². The van der Waals surface area contributed by atoms with Gasteiger partial charge in [-0.25, -0.2) is 4.99 Å². The minimum Gasteiger partial charge on any atom is -0.475 e. The normalized spacial score (nSPS) is 46.2. The summed E-state index contributed by atoms with van der Waals surface area (Å²) in [5, 5.41) is 11.6. The van der Waals surface area contributed by atoms with Crippen LogP contribution in [-0.2, 0) is 23.9 Å². The van der Waals surface area contributed by atoms with E-state index in [0.29, 0.717) is 18.7 Å². The molecule has 5 rings (SSSR count). The van der Waals surface area contributed by atoms with E-state index in [1.54, 1.807) is 19.1 Å². The highest BCUT2D eigenvalue weighted by molar-refractivity contribution is 6.01. The first-order chi connectivity index (χ1) is 15.0. The zero-order valence-electron chi connectivity index (χ0n) is 19.1. The van der Waals surface area contributed by atoms with Gasteiger partial charge < -0.3 is 14.6 Å². The van der Waals surface area contributed by atoms with Gasteiger partial charge in [0.1, 0.15) is 6.10 Å². The van der Waals surface area contributed by atoms with E-state index in [2.05, 4.69) is 13.8 Å². The summed E-state index contributed by atoms with van der Waals surface area (Å²) in [5.41, 5.74) is -1.04. The number of rotatable bonds is 3. The Morgan fingerprint density at radius 3 is 2.81 bits per heavy atom. The lowest BCUT2D eigenvalue weighted by atomic mass is 9.46. The molecule has 0 amide bonds. The number of aliphatic hydroxyl groups excluding tert-OH is 1. The Bertz CT molecular complexity index is 996. The van der Waals surface area contributed by atoms with Gasteiger partial charge in [-0.15, -0.1) is 0 Å². The fourth-order valence-electron chi connectivity index (χ4n) is 7.97. The summed E-state index contributed by atoms with van der Waals surface area (Å²) >= 11 is 0. The molecule has 3 saturated carbocycles. The third-order valence-electron chi connectivity index (χ3n) is 9.17. The number of hydrogen-bond acceptors (Lipinski definition) is 7. The molecule has 8 atom stereocenters. The molecule has 5 unspecified atom stereocenters. The summed E-state index contributed by atoms with van der Waals surface area (Å²) in [6.07, 6.45) is 7.01. The van der Waals surface area contributed by atoms with Crippen molar-refractivity contribution in [3.63, 3.8) is 0 Å². The molecule has 0 aromatic rings. The molecular formula is C25H31NO6. The van der Waals surface area contributed by atoms with Crippen molar-refractivity contribution in [2.45, 2.75) is 71.1 Å². The first kappa shape index (κ1) is 21.6. The van der Waals surface area contributed by atoms with Crippen molar-refractivity contribution < 1.29 is 29.0 Å². The summed E-state index contributed by atoms with van der Waals surface area (Å²) in [6, 6.07) is 0. The monoisotopic (exact) mass is 441 g/mol. The van der Waals surface area contributed by atoms with E-state index in [9.17, 15) is 19.5 Å². The van der Waals surface area contributed by atoms with Crippen molar-refractivity contribution in [3.05, 3.63) is 23.8 Å². The van der Waals surface area contributed by atoms with Gasteiger partial charge in [0.2, 0.25) is 5.78 Å². The minimum atomic E-state index is -1.15. The van der Waals surface area contributed by atoms with Crippen molar-refractivity contribution >= 4 is 23.4 Å². The van der Waals surface area contributed by atoms with Gasteiger partial charge in [-0.2, -0.15) is 0 Å². The summed E-state index contributed by atoms with van der Waals surface area (Å²) < 4.78 is 11.2. The third kappa shape index (κ3) is 2.63. The number of fused-ring (bicyclic) bond motifs is 7. The van der Waals surface area contributed by atoms with E-state index in [0.717, 1.165) is 18.4 Å². The van der Waals surface area contributed by atoms with Gasteiger partial charge in [-0.3, -0.25) is 14.4 Å². The van der Waals surface area contributed by atoms with Crippen LogP contribution in [0.4, 0.5) is 0 Å². The number of hydrogen-bond donors (Lipinski definition) is 1. The molecule has 4 aliphatic carbocycles. The summed E-state index contributed by atoms with van der Waals surface area (Å²) in [5.74, 6) is -0.0140. The highest BCUT2D eigenvalue weighted by Crippen LogP contribution is 2.69. The van der Waals surface area contributed by atoms with Crippen molar-refractivity contribution in [3.8, 4) is 0 Å². The first-order valence-electron chi connectivity index (χ1n) is 11.5. The molecule has 0 aromatic heterocycles. The summed E-state index contributed by atoms with van der Waals surface area (Å²) in [6.45, 7) is 6.88. The lowest BCUT2D eigenvalue weighted by Crippen LogP contribution is -2.62. The quantitative estimate of drug-likeness (QED) is 0.676. The Labute approximate surface area is 187 Å². The number of allylic oxidation sites excluding steroid dienone is 4. The highest BCUT2D eigenvalue weighted by atomic mass is 16.5. The largest absolute Gasteiger partial charge is 0.475 e. The van der Waals surface area contributed by atoms with E-state index in [1.165, 1.54) is 6.92 Å². The third-order valence-corrected chi connectivity index (χ3v) is 9.17. The number of ether oxygens (including phenoxy) is 2. The molecule has 3 fully saturated rings. The Kier molecular flexibility index (Phi) is 4.62. The molecule has 7 nitrogen and oxygen atoms in total. The van der Waals surface area contributed by atoms with Crippen LogP contribution in [0.5, 0.6) is 0 Å². The summed E-state index contributed by atoms with van der Waals surface area (Å²) in [4.78, 5) is 41.7. The topological polar surface area (TPSA) is 102 Å². The predicted molar refractivity (Wildman–Crippen MR) is 116 cm³/mol. The number of esters is 1. The number of nitrogens with zero attached hydrogens (tertiary/aromatic N) is 1. The van der Waals surface area contributed by atoms with Crippen LogP contribution in [-0.4, -0.2) is 52.9 Å². The lowest BCUT2D eigenvalue weighted by molar-refractivity contribution is -0.155. The molecule has 1 heterocycles. The average Bonchev–Trinajstić information content (AvgIpc) is 3.17. The van der Waals surface area contributed by atoms with Gasteiger partial charge in [-0.1, -0.05) is 25.5 Å². The minimum absolute atomic E-state index is 0.00898. The van der Waals surface area contributed by atoms with Crippen LogP contribution in [0.1, 0.15) is 53.4 Å². The van der Waals surface area contributed by atoms with E-state index in [4.69, 9.17) is 14.5 Å². The van der Waals surface area contributed by atoms with Crippen LogP contribution in [0.15, 0.2) is 28.8 Å². The van der Waals surface area contributed by atoms with Gasteiger partial charge in [0.05, 0.1) is 6.10 Å². The molecule has 0 spiro atoms. The number of ketones is 2. The first-order valence-corrected chi connectivity index (χ1v) is 11.5. The number of carbonyl (C=O) groups excluding carboxylic acids is 3. The second kappa shape index (κ2) is 6.86. The van der Waals surface area contributed by atoms with Crippen molar-refractivity contribution in [2.24, 2.45) is 33.6 Å². The molecule has 0 aromatic carbocycles. The molecule has 0 radical (unpaired) electrons. The summed E-state index contributed by atoms with van der Waals surface area (Å²) in [7, 11) is 0. The second-order valence-corrected chi connectivity index (χ2v) is 10.7. The maximum Gasteiger partial charge on any atom is 0.303 e. The molecule has 0 saturated heterocycles.